The molecular weight excluding hydrogens is 392 g/mol. The highest BCUT2D eigenvalue weighted by Gasteiger charge is 2.30. The van der Waals surface area contributed by atoms with E-state index in [1.165, 1.54) is 30.5 Å². The second kappa shape index (κ2) is 7.62. The van der Waals surface area contributed by atoms with Gasteiger partial charge in [0.25, 0.3) is 0 Å². The predicted molar refractivity (Wildman–Crippen MR) is 99.2 cm³/mol. The van der Waals surface area contributed by atoms with Crippen LogP contribution >= 0.6 is 24.0 Å². The minimum absolute atomic E-state index is 0. The van der Waals surface area contributed by atoms with Crippen LogP contribution in [0, 0.1) is 11.7 Å². The van der Waals surface area contributed by atoms with E-state index in [4.69, 9.17) is 5.73 Å². The number of piperidine rings is 1. The van der Waals surface area contributed by atoms with Crippen LogP contribution in [0.1, 0.15) is 44.1 Å². The van der Waals surface area contributed by atoms with E-state index in [0.717, 1.165) is 31.8 Å². The second-order valence-electron chi connectivity index (χ2n) is 6.53. The molecule has 0 aromatic heterocycles. The van der Waals surface area contributed by atoms with E-state index in [-0.39, 0.29) is 29.8 Å². The van der Waals surface area contributed by atoms with Crippen molar-refractivity contribution in [1.29, 1.82) is 0 Å². The van der Waals surface area contributed by atoms with Crippen molar-refractivity contribution in [2.75, 3.05) is 13.1 Å². The first-order valence-electron chi connectivity index (χ1n) is 7.95. The molecule has 3 rings (SSSR count). The van der Waals surface area contributed by atoms with Gasteiger partial charge in [0.05, 0.1) is 6.04 Å². The summed E-state index contributed by atoms with van der Waals surface area (Å²) in [5.41, 5.74) is 7.35. The van der Waals surface area contributed by atoms with E-state index in [9.17, 15) is 4.39 Å². The molecule has 22 heavy (non-hydrogen) atoms. The number of nitrogens with two attached hydrogens (primary N) is 1. The summed E-state index contributed by atoms with van der Waals surface area (Å²) in [6, 6.07) is 7.18. The van der Waals surface area contributed by atoms with Crippen molar-refractivity contribution < 1.29 is 4.39 Å². The molecule has 3 nitrogen and oxygen atoms in total. The average Bonchev–Trinajstić information content (AvgIpc) is 2.44. The van der Waals surface area contributed by atoms with Gasteiger partial charge < -0.3 is 10.6 Å². The number of benzene rings is 1. The van der Waals surface area contributed by atoms with Crippen molar-refractivity contribution in [2.45, 2.75) is 44.6 Å². The van der Waals surface area contributed by atoms with Crippen molar-refractivity contribution in [3.8, 4) is 0 Å². The lowest BCUT2D eigenvalue weighted by atomic mass is 9.76. The van der Waals surface area contributed by atoms with E-state index in [1.54, 1.807) is 0 Å². The van der Waals surface area contributed by atoms with Crippen LogP contribution in [0.15, 0.2) is 29.3 Å². The molecule has 2 aliphatic rings. The first kappa shape index (κ1) is 17.5. The lowest BCUT2D eigenvalue weighted by Crippen LogP contribution is -2.44. The fourth-order valence-electron chi connectivity index (χ4n) is 3.21. The van der Waals surface area contributed by atoms with E-state index in [0.29, 0.717) is 17.9 Å². The molecule has 1 saturated carbocycles. The molecule has 5 heteroatoms. The van der Waals surface area contributed by atoms with E-state index in [2.05, 4.69) is 16.8 Å². The summed E-state index contributed by atoms with van der Waals surface area (Å²) in [6.45, 7) is 4.36. The molecule has 0 radical (unpaired) electrons. The Morgan fingerprint density at radius 3 is 2.36 bits per heavy atom. The third-order valence-electron chi connectivity index (χ3n) is 4.88. The molecule has 0 amide bonds. The van der Waals surface area contributed by atoms with Gasteiger partial charge in [0.2, 0.25) is 0 Å². The normalized spacial score (nSPS) is 26.3. The van der Waals surface area contributed by atoms with E-state index >= 15 is 0 Å². The maximum atomic E-state index is 12.9. The largest absolute Gasteiger partial charge is 0.370 e. The highest BCUT2D eigenvalue weighted by molar-refractivity contribution is 14.0. The number of guanidine groups is 1. The summed E-state index contributed by atoms with van der Waals surface area (Å²) in [6.07, 6.45) is 4.46. The van der Waals surface area contributed by atoms with Crippen LogP contribution in [-0.4, -0.2) is 30.0 Å². The zero-order valence-corrected chi connectivity index (χ0v) is 15.4. The summed E-state index contributed by atoms with van der Waals surface area (Å²) in [4.78, 5) is 6.88. The minimum atomic E-state index is -0.170. The maximum absolute atomic E-state index is 12.9. The van der Waals surface area contributed by atoms with Crippen LogP contribution in [0.4, 0.5) is 4.39 Å². The maximum Gasteiger partial charge on any atom is 0.191 e. The Hall–Kier alpha value is -0.850. The fourth-order valence-corrected chi connectivity index (χ4v) is 3.21. The van der Waals surface area contributed by atoms with Gasteiger partial charge in [-0.05, 0) is 55.2 Å². The Bertz CT molecular complexity index is 503. The summed E-state index contributed by atoms with van der Waals surface area (Å²) >= 11 is 0. The molecule has 2 fully saturated rings. The van der Waals surface area contributed by atoms with Crippen LogP contribution in [-0.2, 0) is 0 Å². The molecule has 0 bridgehead atoms. The Kier molecular flexibility index (Phi) is 6.06. The average molecular weight is 417 g/mol. The van der Waals surface area contributed by atoms with Gasteiger partial charge in [-0.25, -0.2) is 9.38 Å². The monoisotopic (exact) mass is 417 g/mol. The third-order valence-corrected chi connectivity index (χ3v) is 4.88. The molecule has 0 unspecified atom stereocenters. The molecule has 1 aromatic carbocycles. The third kappa shape index (κ3) is 4.12. The van der Waals surface area contributed by atoms with Crippen molar-refractivity contribution >= 4 is 29.9 Å². The van der Waals surface area contributed by atoms with Gasteiger partial charge in [-0.3, -0.25) is 0 Å². The van der Waals surface area contributed by atoms with Gasteiger partial charge in [0.1, 0.15) is 5.82 Å². The Balaban J connectivity index is 0.00000176. The minimum Gasteiger partial charge on any atom is -0.370 e. The zero-order valence-electron chi connectivity index (χ0n) is 13.0. The molecule has 2 N–H and O–H groups in total. The van der Waals surface area contributed by atoms with Crippen LogP contribution in [0.2, 0.25) is 0 Å². The van der Waals surface area contributed by atoms with Gasteiger partial charge in [-0.1, -0.05) is 19.1 Å². The summed E-state index contributed by atoms with van der Waals surface area (Å²) in [7, 11) is 0. The molecule has 1 aliphatic heterocycles. The van der Waals surface area contributed by atoms with Crippen molar-refractivity contribution in [3.05, 3.63) is 35.6 Å². The molecule has 1 aromatic rings. The van der Waals surface area contributed by atoms with Gasteiger partial charge in [-0.2, -0.15) is 0 Å². The first-order valence-corrected chi connectivity index (χ1v) is 7.95. The van der Waals surface area contributed by atoms with Gasteiger partial charge in [-0.15, -0.1) is 24.0 Å². The molecule has 1 heterocycles. The smallest absolute Gasteiger partial charge is 0.191 e. The summed E-state index contributed by atoms with van der Waals surface area (Å²) in [5.74, 6) is 1.86. The van der Waals surface area contributed by atoms with Crippen LogP contribution in [0.5, 0.6) is 0 Å². The Morgan fingerprint density at radius 2 is 1.77 bits per heavy atom. The highest BCUT2D eigenvalue weighted by atomic mass is 127. The molecule has 122 valence electrons. The molecule has 0 spiro atoms. The van der Waals surface area contributed by atoms with Crippen molar-refractivity contribution in [2.24, 2.45) is 16.6 Å². The number of likely N-dealkylation sites (tertiary alicyclic amines) is 1. The standard InChI is InChI=1S/C17H24FN3.HI/c1-12-6-8-21(9-7-12)17(19)20-16-10-14(11-16)13-2-4-15(18)5-3-13;/h2-5,12,14,16H,6-11H2,1H3,(H2,19,20);1H. The number of hydrogen-bond donors (Lipinski definition) is 1. The number of nitrogens with zero attached hydrogens (tertiary/aromatic N) is 2. The van der Waals surface area contributed by atoms with Crippen LogP contribution in [0.25, 0.3) is 0 Å². The number of hydrogen-bond acceptors (Lipinski definition) is 1. The predicted octanol–water partition coefficient (Wildman–Crippen LogP) is 3.74. The lowest BCUT2D eigenvalue weighted by Gasteiger charge is -2.36. The quantitative estimate of drug-likeness (QED) is 0.453. The fraction of sp³-hybridized carbons (Fsp3) is 0.588. The summed E-state index contributed by atoms with van der Waals surface area (Å²) < 4.78 is 12.9. The topological polar surface area (TPSA) is 41.6 Å². The molecule has 1 saturated heterocycles. The molecular formula is C17H25FIN3. The van der Waals surface area contributed by atoms with Crippen LogP contribution < -0.4 is 5.73 Å². The number of halogens is 2. The molecule has 1 aliphatic carbocycles. The zero-order chi connectivity index (χ0) is 14.8. The van der Waals surface area contributed by atoms with Gasteiger partial charge >= 0.3 is 0 Å². The van der Waals surface area contributed by atoms with Gasteiger partial charge in [0.15, 0.2) is 5.96 Å². The van der Waals surface area contributed by atoms with Gasteiger partial charge in [0, 0.05) is 13.1 Å². The number of aliphatic imine (C=N–C) groups is 1. The van der Waals surface area contributed by atoms with Crippen molar-refractivity contribution in [3.63, 3.8) is 0 Å². The molecule has 0 atom stereocenters. The number of rotatable bonds is 2. The second-order valence-corrected chi connectivity index (χ2v) is 6.53. The lowest BCUT2D eigenvalue weighted by molar-refractivity contribution is 0.272. The summed E-state index contributed by atoms with van der Waals surface area (Å²) in [5, 5.41) is 0. The Morgan fingerprint density at radius 1 is 1.18 bits per heavy atom. The van der Waals surface area contributed by atoms with E-state index in [1.807, 2.05) is 12.1 Å². The van der Waals surface area contributed by atoms with Crippen LogP contribution in [0.3, 0.4) is 0 Å². The Labute approximate surface area is 149 Å². The van der Waals surface area contributed by atoms with E-state index < -0.39 is 0 Å². The first-order chi connectivity index (χ1) is 10.1. The van der Waals surface area contributed by atoms with Crippen molar-refractivity contribution in [1.82, 2.24) is 4.90 Å². The SMILES string of the molecule is CC1CCN(C(N)=NC2CC(c3ccc(F)cc3)C2)CC1.I. The highest BCUT2D eigenvalue weighted by Crippen LogP contribution is 2.38.